The standard InChI is InChI=1S/C13H14N2O3/c1-7(14)2-9-3-8-4-11-12(18-6-17-11)5-10(8)15-13(9)16/h3-5,7H,2,6,14H2,1H3,(H,15,16). The highest BCUT2D eigenvalue weighted by atomic mass is 16.7. The quantitative estimate of drug-likeness (QED) is 0.833. The minimum Gasteiger partial charge on any atom is -0.454 e. The fourth-order valence-electron chi connectivity index (χ4n) is 2.14. The van der Waals surface area contributed by atoms with Gasteiger partial charge in [-0.25, -0.2) is 0 Å². The molecule has 5 nitrogen and oxygen atoms in total. The van der Waals surface area contributed by atoms with E-state index >= 15 is 0 Å². The first-order valence-electron chi connectivity index (χ1n) is 5.84. The van der Waals surface area contributed by atoms with Gasteiger partial charge in [-0.05, 0) is 25.5 Å². The Morgan fingerprint density at radius 1 is 1.33 bits per heavy atom. The molecule has 3 rings (SSSR count). The molecule has 0 radical (unpaired) electrons. The van der Waals surface area contributed by atoms with E-state index < -0.39 is 0 Å². The van der Waals surface area contributed by atoms with Gasteiger partial charge in [-0.1, -0.05) is 0 Å². The number of H-pyrrole nitrogens is 1. The zero-order valence-electron chi connectivity index (χ0n) is 10.0. The van der Waals surface area contributed by atoms with Crippen LogP contribution >= 0.6 is 0 Å². The van der Waals surface area contributed by atoms with Crippen LogP contribution in [-0.4, -0.2) is 17.8 Å². The van der Waals surface area contributed by atoms with Crippen molar-refractivity contribution >= 4 is 10.9 Å². The molecule has 1 aliphatic heterocycles. The van der Waals surface area contributed by atoms with Gasteiger partial charge >= 0.3 is 0 Å². The van der Waals surface area contributed by atoms with E-state index in [9.17, 15) is 4.79 Å². The third-order valence-corrected chi connectivity index (χ3v) is 2.96. The summed E-state index contributed by atoms with van der Waals surface area (Å²) in [4.78, 5) is 14.7. The lowest BCUT2D eigenvalue weighted by Gasteiger charge is -2.06. The van der Waals surface area contributed by atoms with Crippen LogP contribution in [0.2, 0.25) is 0 Å². The molecule has 1 aliphatic rings. The molecule has 1 atom stereocenters. The summed E-state index contributed by atoms with van der Waals surface area (Å²) in [5, 5.41) is 0.925. The molecular formula is C13H14N2O3. The predicted molar refractivity (Wildman–Crippen MR) is 68.0 cm³/mol. The summed E-state index contributed by atoms with van der Waals surface area (Å²) in [5.41, 5.74) is 7.07. The third-order valence-electron chi connectivity index (χ3n) is 2.96. The van der Waals surface area contributed by atoms with Crippen LogP contribution in [0.5, 0.6) is 11.5 Å². The predicted octanol–water partition coefficient (Wildman–Crippen LogP) is 1.15. The number of nitrogens with one attached hydrogen (secondary N) is 1. The van der Waals surface area contributed by atoms with Crippen LogP contribution in [0.1, 0.15) is 12.5 Å². The summed E-state index contributed by atoms with van der Waals surface area (Å²) < 4.78 is 10.6. The van der Waals surface area contributed by atoms with Gasteiger partial charge in [0.1, 0.15) is 0 Å². The van der Waals surface area contributed by atoms with Crippen molar-refractivity contribution in [3.63, 3.8) is 0 Å². The Morgan fingerprint density at radius 3 is 2.78 bits per heavy atom. The topological polar surface area (TPSA) is 77.3 Å². The third kappa shape index (κ3) is 1.82. The van der Waals surface area contributed by atoms with Gasteiger partial charge in [0.25, 0.3) is 5.56 Å². The van der Waals surface area contributed by atoms with Gasteiger partial charge < -0.3 is 20.2 Å². The summed E-state index contributed by atoms with van der Waals surface area (Å²) in [5.74, 6) is 1.37. The van der Waals surface area contributed by atoms with Gasteiger partial charge in [0, 0.05) is 23.1 Å². The second-order valence-electron chi connectivity index (χ2n) is 4.60. The first-order chi connectivity index (χ1) is 8.63. The number of aromatic nitrogens is 1. The minimum atomic E-state index is -0.0985. The Labute approximate surface area is 104 Å². The Hall–Kier alpha value is -2.01. The molecule has 3 N–H and O–H groups in total. The van der Waals surface area contributed by atoms with Gasteiger partial charge in [-0.15, -0.1) is 0 Å². The number of nitrogens with two attached hydrogens (primary N) is 1. The highest BCUT2D eigenvalue weighted by molar-refractivity contribution is 5.83. The summed E-state index contributed by atoms with van der Waals surface area (Å²) in [7, 11) is 0. The second-order valence-corrected chi connectivity index (χ2v) is 4.60. The zero-order chi connectivity index (χ0) is 12.7. The normalized spacial score (nSPS) is 15.0. The molecule has 0 amide bonds. The van der Waals surface area contributed by atoms with Crippen molar-refractivity contribution in [2.24, 2.45) is 5.73 Å². The SMILES string of the molecule is CC(N)Cc1cc2cc3c(cc2[nH]c1=O)OCO3. The summed E-state index contributed by atoms with van der Waals surface area (Å²) >= 11 is 0. The summed E-state index contributed by atoms with van der Waals surface area (Å²) in [6.45, 7) is 2.10. The van der Waals surface area contributed by atoms with Crippen molar-refractivity contribution in [3.05, 3.63) is 34.1 Å². The minimum absolute atomic E-state index is 0.0439. The highest BCUT2D eigenvalue weighted by Crippen LogP contribution is 2.35. The van der Waals surface area contributed by atoms with Crippen molar-refractivity contribution in [2.75, 3.05) is 6.79 Å². The Bertz CT molecular complexity index is 661. The molecule has 0 bridgehead atoms. The number of ether oxygens (including phenoxy) is 2. The lowest BCUT2D eigenvalue weighted by atomic mass is 10.1. The number of aromatic amines is 1. The molecule has 0 saturated heterocycles. The van der Waals surface area contributed by atoms with Crippen LogP contribution < -0.4 is 20.8 Å². The molecule has 0 fully saturated rings. The van der Waals surface area contributed by atoms with Crippen LogP contribution in [0.3, 0.4) is 0 Å². The van der Waals surface area contributed by atoms with E-state index in [1.807, 2.05) is 19.1 Å². The van der Waals surface area contributed by atoms with Crippen LogP contribution in [-0.2, 0) is 6.42 Å². The maximum Gasteiger partial charge on any atom is 0.251 e. The average Bonchev–Trinajstić information content (AvgIpc) is 2.73. The molecule has 2 heterocycles. The van der Waals surface area contributed by atoms with Gasteiger partial charge in [-0.2, -0.15) is 0 Å². The lowest BCUT2D eigenvalue weighted by molar-refractivity contribution is 0.174. The molecule has 0 saturated carbocycles. The molecule has 2 aromatic rings. The van der Waals surface area contributed by atoms with E-state index in [2.05, 4.69) is 4.98 Å². The van der Waals surface area contributed by atoms with Crippen molar-refractivity contribution < 1.29 is 9.47 Å². The van der Waals surface area contributed by atoms with Crippen molar-refractivity contribution in [3.8, 4) is 11.5 Å². The first kappa shape index (κ1) is 11.1. The maximum atomic E-state index is 11.9. The molecule has 0 aliphatic carbocycles. The highest BCUT2D eigenvalue weighted by Gasteiger charge is 2.15. The molecule has 1 unspecified atom stereocenters. The molecule has 18 heavy (non-hydrogen) atoms. The Morgan fingerprint density at radius 2 is 2.06 bits per heavy atom. The molecule has 0 spiro atoms. The van der Waals surface area contributed by atoms with Crippen LogP contribution in [0.4, 0.5) is 0 Å². The molecule has 5 heteroatoms. The Balaban J connectivity index is 2.16. The number of rotatable bonds is 2. The van der Waals surface area contributed by atoms with Gasteiger partial charge in [0.2, 0.25) is 6.79 Å². The van der Waals surface area contributed by atoms with E-state index in [1.54, 1.807) is 6.07 Å². The molecule has 1 aromatic carbocycles. The number of hydrogen-bond acceptors (Lipinski definition) is 4. The van der Waals surface area contributed by atoms with Crippen molar-refractivity contribution in [2.45, 2.75) is 19.4 Å². The zero-order valence-corrected chi connectivity index (χ0v) is 10.0. The lowest BCUT2D eigenvalue weighted by Crippen LogP contribution is -2.23. The fraction of sp³-hybridized carbons (Fsp3) is 0.308. The number of hydrogen-bond donors (Lipinski definition) is 2. The van der Waals surface area contributed by atoms with Crippen LogP contribution in [0.25, 0.3) is 10.9 Å². The van der Waals surface area contributed by atoms with Gasteiger partial charge in [0.05, 0.1) is 5.52 Å². The maximum absolute atomic E-state index is 11.9. The summed E-state index contributed by atoms with van der Waals surface area (Å²) in [6.07, 6.45) is 0.555. The summed E-state index contributed by atoms with van der Waals surface area (Å²) in [6, 6.07) is 5.48. The van der Waals surface area contributed by atoms with E-state index in [0.29, 0.717) is 23.5 Å². The monoisotopic (exact) mass is 246 g/mol. The van der Waals surface area contributed by atoms with Crippen LogP contribution in [0, 0.1) is 0 Å². The fourth-order valence-corrected chi connectivity index (χ4v) is 2.14. The molecule has 1 aromatic heterocycles. The average molecular weight is 246 g/mol. The number of benzene rings is 1. The first-order valence-corrected chi connectivity index (χ1v) is 5.84. The second kappa shape index (κ2) is 4.03. The van der Waals surface area contributed by atoms with E-state index in [4.69, 9.17) is 15.2 Å². The van der Waals surface area contributed by atoms with Gasteiger partial charge in [0.15, 0.2) is 11.5 Å². The number of fused-ring (bicyclic) bond motifs is 2. The van der Waals surface area contributed by atoms with Crippen molar-refractivity contribution in [1.82, 2.24) is 4.98 Å². The molecule has 94 valence electrons. The van der Waals surface area contributed by atoms with E-state index in [-0.39, 0.29) is 18.4 Å². The van der Waals surface area contributed by atoms with E-state index in [1.165, 1.54) is 0 Å². The van der Waals surface area contributed by atoms with Crippen molar-refractivity contribution in [1.29, 1.82) is 0 Å². The smallest absolute Gasteiger partial charge is 0.251 e. The molecular weight excluding hydrogens is 232 g/mol. The largest absolute Gasteiger partial charge is 0.454 e. The number of pyridine rings is 1. The Kier molecular flexibility index (Phi) is 2.48. The van der Waals surface area contributed by atoms with Gasteiger partial charge in [-0.3, -0.25) is 4.79 Å². The van der Waals surface area contributed by atoms with Crippen LogP contribution in [0.15, 0.2) is 23.0 Å². The van der Waals surface area contributed by atoms with E-state index in [0.717, 1.165) is 10.9 Å².